The lowest BCUT2D eigenvalue weighted by molar-refractivity contribution is -0.120. The van der Waals surface area contributed by atoms with Crippen molar-refractivity contribution in [2.24, 2.45) is 0 Å². The van der Waals surface area contributed by atoms with Gasteiger partial charge in [-0.3, -0.25) is 9.59 Å². The number of benzene rings is 2. The van der Waals surface area contributed by atoms with Crippen LogP contribution < -0.4 is 4.90 Å². The third-order valence-corrected chi connectivity index (χ3v) is 4.82. The molecular weight excluding hydrogens is 340 g/mol. The third kappa shape index (κ3) is 3.38. The number of aryl methyl sites for hydroxylation is 3. The highest BCUT2D eigenvalue weighted by molar-refractivity contribution is 6.45. The van der Waals surface area contributed by atoms with Crippen molar-refractivity contribution in [2.45, 2.75) is 20.8 Å². The summed E-state index contributed by atoms with van der Waals surface area (Å²) in [6, 6.07) is 13.1. The van der Waals surface area contributed by atoms with Crippen LogP contribution in [0.5, 0.6) is 0 Å². The molecule has 1 heterocycles. The molecule has 140 valence electrons. The van der Waals surface area contributed by atoms with Gasteiger partial charge in [-0.1, -0.05) is 41.5 Å². The van der Waals surface area contributed by atoms with Crippen molar-refractivity contribution in [3.63, 3.8) is 0 Å². The summed E-state index contributed by atoms with van der Waals surface area (Å²) in [7, 11) is 1.72. The largest absolute Gasteiger partial charge is 0.395 e. The SMILES string of the molecule is Cc1ccc(N2C(=O)C(c3ccc(C)cc3C)=C(N(C)CCO)C2=O)cc1. The molecular formula is C22H24N2O3. The number of carbonyl (C=O) groups excluding carboxylic acids is 2. The minimum Gasteiger partial charge on any atom is -0.395 e. The molecule has 3 rings (SSSR count). The van der Waals surface area contributed by atoms with E-state index in [1.165, 1.54) is 4.90 Å². The molecule has 5 heteroatoms. The molecule has 0 atom stereocenters. The quantitative estimate of drug-likeness (QED) is 0.829. The van der Waals surface area contributed by atoms with Crippen molar-refractivity contribution in [3.8, 4) is 0 Å². The molecule has 0 aliphatic carbocycles. The maximum atomic E-state index is 13.3. The number of hydrogen-bond acceptors (Lipinski definition) is 4. The van der Waals surface area contributed by atoms with Crippen LogP contribution in [0, 0.1) is 20.8 Å². The van der Waals surface area contributed by atoms with Crippen molar-refractivity contribution in [3.05, 3.63) is 70.4 Å². The zero-order chi connectivity index (χ0) is 19.7. The van der Waals surface area contributed by atoms with Gasteiger partial charge in [0.25, 0.3) is 11.8 Å². The summed E-state index contributed by atoms with van der Waals surface area (Å²) < 4.78 is 0. The summed E-state index contributed by atoms with van der Waals surface area (Å²) in [5, 5.41) is 9.34. The van der Waals surface area contributed by atoms with E-state index >= 15 is 0 Å². The van der Waals surface area contributed by atoms with Crippen molar-refractivity contribution in [1.29, 1.82) is 0 Å². The van der Waals surface area contributed by atoms with Crippen LogP contribution in [-0.2, 0) is 9.59 Å². The number of carbonyl (C=O) groups is 2. The first-order valence-corrected chi connectivity index (χ1v) is 8.94. The van der Waals surface area contributed by atoms with Gasteiger partial charge in [0, 0.05) is 13.6 Å². The van der Waals surface area contributed by atoms with Crippen LogP contribution in [0.15, 0.2) is 48.2 Å². The molecule has 0 spiro atoms. The monoisotopic (exact) mass is 364 g/mol. The molecule has 2 aromatic carbocycles. The van der Waals surface area contributed by atoms with Gasteiger partial charge in [0.15, 0.2) is 0 Å². The van der Waals surface area contributed by atoms with Crippen LogP contribution in [0.4, 0.5) is 5.69 Å². The van der Waals surface area contributed by atoms with Crippen molar-refractivity contribution in [2.75, 3.05) is 25.1 Å². The molecule has 0 aromatic heterocycles. The number of likely N-dealkylation sites (N-methyl/N-ethyl adjacent to an activating group) is 1. The molecule has 2 aromatic rings. The first kappa shape index (κ1) is 18.9. The fourth-order valence-electron chi connectivity index (χ4n) is 3.40. The van der Waals surface area contributed by atoms with Crippen LogP contribution >= 0.6 is 0 Å². The highest BCUT2D eigenvalue weighted by Crippen LogP contribution is 2.35. The zero-order valence-corrected chi connectivity index (χ0v) is 16.1. The fourth-order valence-corrected chi connectivity index (χ4v) is 3.40. The van der Waals surface area contributed by atoms with Crippen molar-refractivity contribution in [1.82, 2.24) is 4.90 Å². The van der Waals surface area contributed by atoms with Gasteiger partial charge in [-0.2, -0.15) is 0 Å². The molecule has 27 heavy (non-hydrogen) atoms. The third-order valence-electron chi connectivity index (χ3n) is 4.82. The smallest absolute Gasteiger partial charge is 0.282 e. The maximum absolute atomic E-state index is 13.3. The van der Waals surface area contributed by atoms with Gasteiger partial charge in [0.2, 0.25) is 0 Å². The summed E-state index contributed by atoms with van der Waals surface area (Å²) in [5.41, 5.74) is 5.08. The minimum atomic E-state index is -0.366. The number of nitrogens with zero attached hydrogens (tertiary/aromatic N) is 2. The molecule has 0 fully saturated rings. The highest BCUT2D eigenvalue weighted by Gasteiger charge is 2.42. The first-order chi connectivity index (χ1) is 12.8. The molecule has 0 bridgehead atoms. The number of aliphatic hydroxyl groups is 1. The molecule has 1 aliphatic heterocycles. The van der Waals surface area contributed by atoms with Crippen LogP contribution in [0.3, 0.4) is 0 Å². The van der Waals surface area contributed by atoms with Gasteiger partial charge in [-0.15, -0.1) is 0 Å². The number of rotatable bonds is 5. The average molecular weight is 364 g/mol. The van der Waals surface area contributed by atoms with Gasteiger partial charge in [-0.25, -0.2) is 4.90 Å². The summed E-state index contributed by atoms with van der Waals surface area (Å²) in [6.07, 6.45) is 0. The Balaban J connectivity index is 2.16. The summed E-state index contributed by atoms with van der Waals surface area (Å²) >= 11 is 0. The van der Waals surface area contributed by atoms with E-state index in [0.29, 0.717) is 17.0 Å². The van der Waals surface area contributed by atoms with E-state index in [0.717, 1.165) is 22.3 Å². The Hall–Kier alpha value is -2.92. The first-order valence-electron chi connectivity index (χ1n) is 8.94. The Kier molecular flexibility index (Phi) is 5.15. The molecule has 2 amide bonds. The highest BCUT2D eigenvalue weighted by atomic mass is 16.3. The molecule has 5 nitrogen and oxygen atoms in total. The Labute approximate surface area is 159 Å². The van der Waals surface area contributed by atoms with Crippen molar-refractivity contribution >= 4 is 23.1 Å². The Morgan fingerprint density at radius 2 is 1.56 bits per heavy atom. The Bertz CT molecular complexity index is 929. The second-order valence-corrected chi connectivity index (χ2v) is 6.97. The fraction of sp³-hybridized carbons (Fsp3) is 0.273. The van der Waals surface area contributed by atoms with Gasteiger partial charge in [0.05, 0.1) is 17.9 Å². The average Bonchev–Trinajstić information content (AvgIpc) is 2.87. The van der Waals surface area contributed by atoms with Crippen LogP contribution in [0.2, 0.25) is 0 Å². The Morgan fingerprint density at radius 3 is 2.15 bits per heavy atom. The van der Waals surface area contributed by atoms with E-state index in [-0.39, 0.29) is 25.0 Å². The van der Waals surface area contributed by atoms with E-state index in [4.69, 9.17) is 0 Å². The number of anilines is 1. The molecule has 0 unspecified atom stereocenters. The van der Waals surface area contributed by atoms with Crippen molar-refractivity contribution < 1.29 is 14.7 Å². The number of amides is 2. The van der Waals surface area contributed by atoms with Gasteiger partial charge >= 0.3 is 0 Å². The molecule has 0 saturated carbocycles. The van der Waals surface area contributed by atoms with E-state index in [1.807, 2.05) is 51.1 Å². The second kappa shape index (κ2) is 7.37. The summed E-state index contributed by atoms with van der Waals surface area (Å²) in [5.74, 6) is -0.703. The molecule has 0 saturated heterocycles. The van der Waals surface area contributed by atoms with Crippen LogP contribution in [0.1, 0.15) is 22.3 Å². The van der Waals surface area contributed by atoms with Crippen LogP contribution in [0.25, 0.3) is 5.57 Å². The minimum absolute atomic E-state index is 0.105. The van der Waals surface area contributed by atoms with Gasteiger partial charge in [-0.05, 0) is 44.0 Å². The number of aliphatic hydroxyl groups excluding tert-OH is 1. The predicted octanol–water partition coefficient (Wildman–Crippen LogP) is 2.82. The van der Waals surface area contributed by atoms with E-state index < -0.39 is 0 Å². The van der Waals surface area contributed by atoms with Gasteiger partial charge < -0.3 is 10.0 Å². The molecule has 1 N–H and O–H groups in total. The van der Waals surface area contributed by atoms with E-state index in [2.05, 4.69) is 0 Å². The lowest BCUT2D eigenvalue weighted by atomic mass is 9.97. The summed E-state index contributed by atoms with van der Waals surface area (Å²) in [4.78, 5) is 29.4. The maximum Gasteiger partial charge on any atom is 0.282 e. The summed E-state index contributed by atoms with van der Waals surface area (Å²) in [6.45, 7) is 6.04. The number of hydrogen-bond donors (Lipinski definition) is 1. The lowest BCUT2D eigenvalue weighted by Crippen LogP contribution is -2.34. The zero-order valence-electron chi connectivity index (χ0n) is 16.1. The van der Waals surface area contributed by atoms with E-state index in [9.17, 15) is 14.7 Å². The Morgan fingerprint density at radius 1 is 0.926 bits per heavy atom. The van der Waals surface area contributed by atoms with Gasteiger partial charge in [0.1, 0.15) is 5.70 Å². The molecule has 1 aliphatic rings. The topological polar surface area (TPSA) is 60.9 Å². The second-order valence-electron chi connectivity index (χ2n) is 6.97. The normalized spacial score (nSPS) is 14.3. The van der Waals surface area contributed by atoms with Crippen LogP contribution in [-0.4, -0.2) is 42.0 Å². The standard InChI is InChI=1S/C22H24N2O3/c1-14-5-8-17(9-6-14)24-21(26)19(18-10-7-15(2)13-16(18)3)20(22(24)27)23(4)11-12-25/h5-10,13,25H,11-12H2,1-4H3. The van der Waals surface area contributed by atoms with E-state index in [1.54, 1.807) is 24.1 Å². The number of imide groups is 1. The predicted molar refractivity (Wildman–Crippen MR) is 106 cm³/mol. The lowest BCUT2D eigenvalue weighted by Gasteiger charge is -2.20. The molecule has 0 radical (unpaired) electrons.